The van der Waals surface area contributed by atoms with Gasteiger partial charge in [-0.3, -0.25) is 9.69 Å². The van der Waals surface area contributed by atoms with Gasteiger partial charge in [-0.05, 0) is 75.6 Å². The maximum Gasteiger partial charge on any atom is 0.410 e. The largest absolute Gasteiger partial charge is 0.508 e. The maximum absolute atomic E-state index is 12.8. The molecule has 1 aliphatic carbocycles. The number of carbonyl (C=O) groups is 2. The fourth-order valence-corrected chi connectivity index (χ4v) is 5.39. The molecule has 3 atom stereocenters. The second-order valence-electron chi connectivity index (χ2n) is 9.99. The molecule has 1 aromatic rings. The van der Waals surface area contributed by atoms with Crippen molar-refractivity contribution in [2.24, 2.45) is 0 Å². The number of phenols is 1. The van der Waals surface area contributed by atoms with Crippen molar-refractivity contribution in [2.75, 3.05) is 0 Å². The topological polar surface area (TPSA) is 76.1 Å². The molecule has 3 fully saturated rings. The van der Waals surface area contributed by atoms with Crippen LogP contribution in [0.1, 0.15) is 82.8 Å². The predicted octanol–water partition coefficient (Wildman–Crippen LogP) is 4.68. The van der Waals surface area contributed by atoms with Crippen molar-refractivity contribution in [3.05, 3.63) is 29.3 Å². The first-order valence-corrected chi connectivity index (χ1v) is 11.2. The molecule has 6 nitrogen and oxygen atoms in total. The zero-order valence-corrected chi connectivity index (χ0v) is 18.2. The van der Waals surface area contributed by atoms with E-state index in [2.05, 4.69) is 0 Å². The number of nitrogens with zero attached hydrogens (tertiary/aromatic N) is 1. The molecule has 0 radical (unpaired) electrons. The molecule has 0 unspecified atom stereocenters. The molecular formula is C24H33NO5. The quantitative estimate of drug-likeness (QED) is 0.723. The summed E-state index contributed by atoms with van der Waals surface area (Å²) in [7, 11) is 0. The molecule has 0 spiro atoms. The molecule has 2 aliphatic heterocycles. The molecule has 1 N–H and O–H groups in total. The Hall–Kier alpha value is -2.24. The van der Waals surface area contributed by atoms with Crippen LogP contribution in [0.5, 0.6) is 5.75 Å². The van der Waals surface area contributed by atoms with Crippen LogP contribution in [0.2, 0.25) is 0 Å². The normalized spacial score (nSPS) is 26.2. The average molecular weight is 416 g/mol. The number of aromatic hydroxyl groups is 1. The van der Waals surface area contributed by atoms with Crippen LogP contribution in [0, 0.1) is 0 Å². The Morgan fingerprint density at radius 1 is 1.13 bits per heavy atom. The lowest BCUT2D eigenvalue weighted by molar-refractivity contribution is -0.149. The van der Waals surface area contributed by atoms with Gasteiger partial charge in [0.1, 0.15) is 17.5 Å². The summed E-state index contributed by atoms with van der Waals surface area (Å²) < 4.78 is 11.4. The SMILES string of the molecule is CC(C)(C)OC(=O)N1[C@@H]2CC[C@@H]1[C@H](OC(=O)Cc1ccc(O)cc1C1CCCC1)C2. The monoisotopic (exact) mass is 415 g/mol. The van der Waals surface area contributed by atoms with Crippen LogP contribution in [-0.2, 0) is 20.7 Å². The highest BCUT2D eigenvalue weighted by molar-refractivity contribution is 5.74. The number of fused-ring (bicyclic) bond motifs is 2. The van der Waals surface area contributed by atoms with Gasteiger partial charge in [-0.25, -0.2) is 4.79 Å². The molecule has 1 amide bonds. The van der Waals surface area contributed by atoms with Crippen molar-refractivity contribution >= 4 is 12.1 Å². The van der Waals surface area contributed by atoms with E-state index < -0.39 is 5.60 Å². The molecule has 3 aliphatic rings. The fourth-order valence-electron chi connectivity index (χ4n) is 5.39. The standard InChI is InChI=1S/C24H33NO5/c1-24(2,3)30-23(28)25-17-9-11-20(25)21(13-17)29-22(27)12-16-8-10-18(26)14-19(16)15-6-4-5-7-15/h8,10,14-15,17,20-21,26H,4-7,9,11-13H2,1-3H3/t17-,20-,21-/m1/s1. The summed E-state index contributed by atoms with van der Waals surface area (Å²) in [5, 5.41) is 9.93. The van der Waals surface area contributed by atoms with Crippen LogP contribution in [0.3, 0.4) is 0 Å². The lowest BCUT2D eigenvalue weighted by Gasteiger charge is -2.28. The highest BCUT2D eigenvalue weighted by Crippen LogP contribution is 2.41. The second kappa shape index (κ2) is 8.12. The summed E-state index contributed by atoms with van der Waals surface area (Å²) in [5.41, 5.74) is 1.48. The minimum atomic E-state index is -0.541. The van der Waals surface area contributed by atoms with Gasteiger partial charge in [0, 0.05) is 12.5 Å². The fraction of sp³-hybridized carbons (Fsp3) is 0.667. The van der Waals surface area contributed by atoms with E-state index in [9.17, 15) is 14.7 Å². The summed E-state index contributed by atoms with van der Waals surface area (Å²) >= 11 is 0. The number of phenolic OH excluding ortho intramolecular Hbond substituents is 1. The molecule has 6 heteroatoms. The first-order valence-electron chi connectivity index (χ1n) is 11.2. The number of amides is 1. The van der Waals surface area contributed by atoms with E-state index in [4.69, 9.17) is 9.47 Å². The van der Waals surface area contributed by atoms with E-state index in [1.807, 2.05) is 26.8 Å². The number of ether oxygens (including phenoxy) is 2. The van der Waals surface area contributed by atoms with Gasteiger partial charge in [0.15, 0.2) is 0 Å². The number of esters is 1. The van der Waals surface area contributed by atoms with Gasteiger partial charge in [0.2, 0.25) is 0 Å². The third-order valence-corrected chi connectivity index (χ3v) is 6.63. The van der Waals surface area contributed by atoms with Gasteiger partial charge in [0.25, 0.3) is 0 Å². The predicted molar refractivity (Wildman–Crippen MR) is 112 cm³/mol. The van der Waals surface area contributed by atoms with Crippen molar-refractivity contribution in [3.63, 3.8) is 0 Å². The van der Waals surface area contributed by atoms with Gasteiger partial charge in [-0.15, -0.1) is 0 Å². The number of carbonyl (C=O) groups excluding carboxylic acids is 2. The molecule has 2 bridgehead atoms. The van der Waals surface area contributed by atoms with Gasteiger partial charge in [-0.2, -0.15) is 0 Å². The van der Waals surface area contributed by atoms with Crippen molar-refractivity contribution in [1.29, 1.82) is 0 Å². The average Bonchev–Trinajstić information content (AvgIpc) is 3.37. The van der Waals surface area contributed by atoms with E-state index in [-0.39, 0.29) is 42.4 Å². The zero-order valence-electron chi connectivity index (χ0n) is 18.2. The smallest absolute Gasteiger partial charge is 0.410 e. The number of rotatable bonds is 4. The third-order valence-electron chi connectivity index (χ3n) is 6.63. The van der Waals surface area contributed by atoms with E-state index in [1.54, 1.807) is 17.0 Å². The lowest BCUT2D eigenvalue weighted by Crippen LogP contribution is -2.42. The summed E-state index contributed by atoms with van der Waals surface area (Å²) in [6.07, 6.45) is 6.66. The summed E-state index contributed by atoms with van der Waals surface area (Å²) in [5.74, 6) is 0.391. The third kappa shape index (κ3) is 4.42. The van der Waals surface area contributed by atoms with Crippen LogP contribution >= 0.6 is 0 Å². The highest BCUT2D eigenvalue weighted by Gasteiger charge is 2.51. The van der Waals surface area contributed by atoms with E-state index in [0.29, 0.717) is 12.3 Å². The van der Waals surface area contributed by atoms with Gasteiger partial charge >= 0.3 is 12.1 Å². The Morgan fingerprint density at radius 3 is 2.57 bits per heavy atom. The van der Waals surface area contributed by atoms with Gasteiger partial charge in [-0.1, -0.05) is 18.9 Å². The number of hydrogen-bond donors (Lipinski definition) is 1. The Labute approximate surface area is 178 Å². The van der Waals surface area contributed by atoms with Crippen LogP contribution in [0.15, 0.2) is 18.2 Å². The summed E-state index contributed by atoms with van der Waals surface area (Å²) in [6, 6.07) is 5.29. The first kappa shape index (κ1) is 21.0. The van der Waals surface area contributed by atoms with Crippen molar-refractivity contribution in [1.82, 2.24) is 4.90 Å². The lowest BCUT2D eigenvalue weighted by atomic mass is 9.91. The Kier molecular flexibility index (Phi) is 5.69. The Morgan fingerprint density at radius 2 is 1.87 bits per heavy atom. The van der Waals surface area contributed by atoms with Crippen LogP contribution in [0.4, 0.5) is 4.79 Å². The molecule has 1 saturated carbocycles. The maximum atomic E-state index is 12.8. The molecule has 4 rings (SSSR count). The van der Waals surface area contributed by atoms with Crippen LogP contribution in [0.25, 0.3) is 0 Å². The zero-order chi connectivity index (χ0) is 21.5. The van der Waals surface area contributed by atoms with Crippen molar-refractivity contribution in [2.45, 2.75) is 102 Å². The Bertz CT molecular complexity index is 808. The molecule has 0 aromatic heterocycles. The van der Waals surface area contributed by atoms with Crippen molar-refractivity contribution in [3.8, 4) is 5.75 Å². The van der Waals surface area contributed by atoms with E-state index in [0.717, 1.165) is 36.8 Å². The molecule has 1 aromatic carbocycles. The molecule has 2 heterocycles. The van der Waals surface area contributed by atoms with Crippen LogP contribution in [-0.4, -0.2) is 45.9 Å². The van der Waals surface area contributed by atoms with Gasteiger partial charge < -0.3 is 14.6 Å². The summed E-state index contributed by atoms with van der Waals surface area (Å²) in [4.78, 5) is 27.2. The van der Waals surface area contributed by atoms with E-state index in [1.165, 1.54) is 12.8 Å². The van der Waals surface area contributed by atoms with Crippen LogP contribution < -0.4 is 0 Å². The number of benzene rings is 1. The minimum Gasteiger partial charge on any atom is -0.508 e. The second-order valence-corrected chi connectivity index (χ2v) is 9.99. The first-order chi connectivity index (χ1) is 14.2. The Balaban J connectivity index is 1.40. The van der Waals surface area contributed by atoms with E-state index >= 15 is 0 Å². The van der Waals surface area contributed by atoms with Gasteiger partial charge in [0.05, 0.1) is 12.5 Å². The molecule has 164 valence electrons. The van der Waals surface area contributed by atoms with Crippen molar-refractivity contribution < 1.29 is 24.2 Å². The molecular weight excluding hydrogens is 382 g/mol. The summed E-state index contributed by atoms with van der Waals surface area (Å²) in [6.45, 7) is 5.58. The highest BCUT2D eigenvalue weighted by atomic mass is 16.6. The molecule has 2 saturated heterocycles. The number of hydrogen-bond acceptors (Lipinski definition) is 5. The molecule has 30 heavy (non-hydrogen) atoms. The minimum absolute atomic E-state index is 0.0883.